The van der Waals surface area contributed by atoms with Gasteiger partial charge in [0.05, 0.1) is 0 Å². The summed E-state index contributed by atoms with van der Waals surface area (Å²) in [5.41, 5.74) is 0. The van der Waals surface area contributed by atoms with Crippen molar-refractivity contribution in [2.24, 2.45) is 7.05 Å². The number of nitrogens with zero attached hydrogens (tertiary/aromatic N) is 3. The van der Waals surface area contributed by atoms with Crippen molar-refractivity contribution in [3.63, 3.8) is 0 Å². The highest BCUT2D eigenvalue weighted by atomic mass is 16.2. The van der Waals surface area contributed by atoms with Crippen LogP contribution in [0.15, 0.2) is 12.4 Å². The third-order valence-electron chi connectivity index (χ3n) is 6.56. The second-order valence-corrected chi connectivity index (χ2v) is 9.44. The van der Waals surface area contributed by atoms with Gasteiger partial charge >= 0.3 is 0 Å². The average molecular weight is 476 g/mol. The van der Waals surface area contributed by atoms with Crippen molar-refractivity contribution in [3.05, 3.63) is 18.2 Å². The number of likely N-dealkylation sites (tertiary alicyclic amines) is 1. The lowest BCUT2D eigenvalue weighted by Gasteiger charge is -2.23. The van der Waals surface area contributed by atoms with Crippen LogP contribution in [0, 0.1) is 0 Å². The van der Waals surface area contributed by atoms with Gasteiger partial charge in [-0.1, -0.05) is 64.7 Å². The highest BCUT2D eigenvalue weighted by molar-refractivity contribution is 5.95. The monoisotopic (exact) mass is 475 g/mol. The van der Waals surface area contributed by atoms with Gasteiger partial charge in [-0.3, -0.25) is 14.4 Å². The molecule has 2 heterocycles. The average Bonchev–Trinajstić information content (AvgIpc) is 3.49. The molecule has 1 aliphatic rings. The highest BCUT2D eigenvalue weighted by Crippen LogP contribution is 2.19. The number of hydrogen-bond donors (Lipinski definition) is 2. The van der Waals surface area contributed by atoms with E-state index in [1.807, 2.05) is 0 Å². The van der Waals surface area contributed by atoms with Gasteiger partial charge in [0.15, 0.2) is 5.82 Å². The molecule has 1 aromatic heterocycles. The molecule has 34 heavy (non-hydrogen) atoms. The lowest BCUT2D eigenvalue weighted by Crippen LogP contribution is -2.46. The molecule has 0 radical (unpaired) electrons. The molecule has 3 amide bonds. The summed E-state index contributed by atoms with van der Waals surface area (Å²) >= 11 is 0. The van der Waals surface area contributed by atoms with Crippen LogP contribution in [-0.4, -0.2) is 57.8 Å². The summed E-state index contributed by atoms with van der Waals surface area (Å²) in [7, 11) is 1.77. The minimum Gasteiger partial charge on any atom is -0.356 e. The molecule has 2 N–H and O–H groups in total. The number of nitrogens with one attached hydrogen (secondary N) is 2. The van der Waals surface area contributed by atoms with Gasteiger partial charge in [0.2, 0.25) is 11.8 Å². The molecule has 0 bridgehead atoms. The van der Waals surface area contributed by atoms with Gasteiger partial charge in [-0.2, -0.15) is 0 Å². The van der Waals surface area contributed by atoms with Crippen molar-refractivity contribution in [2.45, 2.75) is 103 Å². The maximum Gasteiger partial charge on any atom is 0.290 e. The second kappa shape index (κ2) is 16.3. The summed E-state index contributed by atoms with van der Waals surface area (Å²) in [5, 5.41) is 5.88. The summed E-state index contributed by atoms with van der Waals surface area (Å²) < 4.78 is 1.67. The van der Waals surface area contributed by atoms with Crippen LogP contribution in [0.4, 0.5) is 0 Å². The summed E-state index contributed by atoms with van der Waals surface area (Å²) in [6.07, 6.45) is 18.6. The van der Waals surface area contributed by atoms with E-state index in [0.717, 1.165) is 19.4 Å². The predicted molar refractivity (Wildman–Crippen MR) is 134 cm³/mol. The van der Waals surface area contributed by atoms with E-state index in [4.69, 9.17) is 0 Å². The van der Waals surface area contributed by atoms with Crippen molar-refractivity contribution in [1.29, 1.82) is 0 Å². The molecule has 1 saturated heterocycles. The Labute approximate surface area is 205 Å². The number of amides is 3. The van der Waals surface area contributed by atoms with E-state index in [9.17, 15) is 14.4 Å². The highest BCUT2D eigenvalue weighted by Gasteiger charge is 2.35. The molecule has 0 spiro atoms. The van der Waals surface area contributed by atoms with E-state index in [0.29, 0.717) is 38.2 Å². The maximum absolute atomic E-state index is 12.7. The number of carbonyl (C=O) groups excluding carboxylic acids is 3. The first-order valence-corrected chi connectivity index (χ1v) is 13.4. The van der Waals surface area contributed by atoms with Crippen LogP contribution in [0.5, 0.6) is 0 Å². The molecule has 1 aliphatic heterocycles. The quantitative estimate of drug-likeness (QED) is 0.333. The largest absolute Gasteiger partial charge is 0.356 e. The summed E-state index contributed by atoms with van der Waals surface area (Å²) in [5.74, 6) is 0.0266. The summed E-state index contributed by atoms with van der Waals surface area (Å²) in [4.78, 5) is 43.1. The van der Waals surface area contributed by atoms with Crippen molar-refractivity contribution in [3.8, 4) is 0 Å². The van der Waals surface area contributed by atoms with Crippen molar-refractivity contribution < 1.29 is 14.4 Å². The molecular formula is C26H45N5O3. The van der Waals surface area contributed by atoms with E-state index >= 15 is 0 Å². The molecule has 0 aromatic carbocycles. The first-order chi connectivity index (χ1) is 16.5. The van der Waals surface area contributed by atoms with Crippen LogP contribution in [-0.2, 0) is 16.6 Å². The van der Waals surface area contributed by atoms with Gasteiger partial charge in [0.1, 0.15) is 6.04 Å². The van der Waals surface area contributed by atoms with Crippen molar-refractivity contribution in [2.75, 3.05) is 19.6 Å². The Balaban J connectivity index is 1.49. The molecule has 2 rings (SSSR count). The molecule has 8 heteroatoms. The number of hydrogen-bond acceptors (Lipinski definition) is 4. The van der Waals surface area contributed by atoms with Crippen molar-refractivity contribution >= 4 is 17.7 Å². The molecule has 1 unspecified atom stereocenters. The molecule has 8 nitrogen and oxygen atoms in total. The smallest absolute Gasteiger partial charge is 0.290 e. The van der Waals surface area contributed by atoms with Gasteiger partial charge in [-0.15, -0.1) is 0 Å². The van der Waals surface area contributed by atoms with Gasteiger partial charge in [-0.25, -0.2) is 4.98 Å². The van der Waals surface area contributed by atoms with Crippen LogP contribution < -0.4 is 10.6 Å². The lowest BCUT2D eigenvalue weighted by atomic mass is 10.1. The fourth-order valence-corrected chi connectivity index (χ4v) is 4.49. The van der Waals surface area contributed by atoms with E-state index in [-0.39, 0.29) is 17.7 Å². The Kier molecular flexibility index (Phi) is 13.3. The SMILES string of the molecule is CCCCCCCCCCCCNC(=O)CCCNC(=O)C1CCCN1C(=O)c1nccn1C. The Hall–Kier alpha value is -2.38. The van der Waals surface area contributed by atoms with E-state index in [1.165, 1.54) is 57.8 Å². The zero-order valence-corrected chi connectivity index (χ0v) is 21.3. The van der Waals surface area contributed by atoms with Gasteiger partial charge in [0.25, 0.3) is 5.91 Å². The molecular weight excluding hydrogens is 430 g/mol. The third kappa shape index (κ3) is 9.85. The Morgan fingerprint density at radius 1 is 0.941 bits per heavy atom. The fourth-order valence-electron chi connectivity index (χ4n) is 4.49. The lowest BCUT2D eigenvalue weighted by molar-refractivity contribution is -0.125. The number of aromatic nitrogens is 2. The molecule has 1 fully saturated rings. The Morgan fingerprint density at radius 3 is 2.24 bits per heavy atom. The maximum atomic E-state index is 12.7. The molecule has 1 atom stereocenters. The van der Waals surface area contributed by atoms with Crippen LogP contribution in [0.2, 0.25) is 0 Å². The number of rotatable bonds is 17. The number of carbonyl (C=O) groups is 3. The second-order valence-electron chi connectivity index (χ2n) is 9.44. The first kappa shape index (κ1) is 27.9. The molecule has 1 aromatic rings. The number of imidazole rings is 1. The van der Waals surface area contributed by atoms with Crippen LogP contribution in [0.25, 0.3) is 0 Å². The third-order valence-corrected chi connectivity index (χ3v) is 6.56. The minimum atomic E-state index is -0.464. The zero-order chi connectivity index (χ0) is 24.6. The Bertz CT molecular complexity index is 749. The number of unbranched alkanes of at least 4 members (excludes halogenated alkanes) is 9. The fraction of sp³-hybridized carbons (Fsp3) is 0.769. The van der Waals surface area contributed by atoms with Gasteiger partial charge in [-0.05, 0) is 25.7 Å². The van der Waals surface area contributed by atoms with E-state index in [1.54, 1.807) is 28.9 Å². The zero-order valence-electron chi connectivity index (χ0n) is 21.3. The molecule has 192 valence electrons. The summed E-state index contributed by atoms with van der Waals surface area (Å²) in [6, 6.07) is -0.464. The molecule has 0 aliphatic carbocycles. The predicted octanol–water partition coefficient (Wildman–Crippen LogP) is 3.96. The molecule has 0 saturated carbocycles. The van der Waals surface area contributed by atoms with Crippen molar-refractivity contribution in [1.82, 2.24) is 25.1 Å². The standard InChI is InChI=1S/C26H45N5O3/c1-3-4-5-6-7-8-9-10-11-12-17-27-23(32)16-13-18-29-25(33)22-15-14-20-31(22)26(34)24-28-19-21-30(24)2/h19,21-22H,3-18,20H2,1-2H3,(H,27,32)(H,29,33). The normalized spacial score (nSPS) is 15.5. The summed E-state index contributed by atoms with van der Waals surface area (Å²) in [6.45, 7) is 3.97. The minimum absolute atomic E-state index is 0.0395. The first-order valence-electron chi connectivity index (χ1n) is 13.4. The Morgan fingerprint density at radius 2 is 1.59 bits per heavy atom. The van der Waals surface area contributed by atoms with Crippen LogP contribution >= 0.6 is 0 Å². The topological polar surface area (TPSA) is 96.3 Å². The van der Waals surface area contributed by atoms with Gasteiger partial charge < -0.3 is 20.1 Å². The van der Waals surface area contributed by atoms with E-state index in [2.05, 4.69) is 22.5 Å². The van der Waals surface area contributed by atoms with Crippen LogP contribution in [0.3, 0.4) is 0 Å². The van der Waals surface area contributed by atoms with Crippen LogP contribution in [0.1, 0.15) is 107 Å². The van der Waals surface area contributed by atoms with Gasteiger partial charge in [0, 0.05) is 45.5 Å². The number of aryl methyl sites for hydroxylation is 1. The van der Waals surface area contributed by atoms with E-state index < -0.39 is 6.04 Å².